The van der Waals surface area contributed by atoms with Gasteiger partial charge < -0.3 is 5.11 Å². The van der Waals surface area contributed by atoms with Gasteiger partial charge in [0.25, 0.3) is 0 Å². The van der Waals surface area contributed by atoms with Gasteiger partial charge in [0.15, 0.2) is 11.5 Å². The molecule has 17 heavy (non-hydrogen) atoms. The number of hydrogen-bond donors (Lipinski definition) is 1. The van der Waals surface area contributed by atoms with Gasteiger partial charge in [-0.3, -0.25) is 0 Å². The van der Waals surface area contributed by atoms with Gasteiger partial charge in [0.1, 0.15) is 0 Å². The summed E-state index contributed by atoms with van der Waals surface area (Å²) in [6.45, 7) is 0. The van der Waals surface area contributed by atoms with Crippen molar-refractivity contribution in [1.29, 1.82) is 0 Å². The van der Waals surface area contributed by atoms with E-state index in [1.54, 1.807) is 22.8 Å². The Bertz CT molecular complexity index is 570. The van der Waals surface area contributed by atoms with E-state index in [1.165, 1.54) is 12.8 Å². The normalized spacial score (nSPS) is 16.7. The summed E-state index contributed by atoms with van der Waals surface area (Å²) in [6.07, 6.45) is 6.41. The smallest absolute Gasteiger partial charge is 0.335 e. The molecule has 0 atom stereocenters. The van der Waals surface area contributed by atoms with Crippen LogP contribution in [0.5, 0.6) is 0 Å². The lowest BCUT2D eigenvalue weighted by Gasteiger charge is -2.00. The highest BCUT2D eigenvalue weighted by atomic mass is 16.4. The van der Waals surface area contributed by atoms with Crippen molar-refractivity contribution in [3.8, 4) is 0 Å². The van der Waals surface area contributed by atoms with Gasteiger partial charge in [-0.05, 0) is 25.0 Å². The van der Waals surface area contributed by atoms with Gasteiger partial charge in [-0.15, -0.1) is 0 Å². The summed E-state index contributed by atoms with van der Waals surface area (Å²) in [5, 5.41) is 13.3. The number of carboxylic acid groups (broad SMARTS) is 1. The third kappa shape index (κ3) is 1.77. The van der Waals surface area contributed by atoms with Crippen molar-refractivity contribution in [2.45, 2.75) is 31.6 Å². The molecule has 0 amide bonds. The minimum Gasteiger partial charge on any atom is -0.478 e. The summed E-state index contributed by atoms with van der Waals surface area (Å²) in [7, 11) is 0. The predicted octanol–water partition coefficient (Wildman–Crippen LogP) is 2.09. The SMILES string of the molecule is O=C(O)c1ccn2nc(C3CCCC3)nc2c1. The van der Waals surface area contributed by atoms with Crippen molar-refractivity contribution in [3.63, 3.8) is 0 Å². The molecular weight excluding hydrogens is 218 g/mol. The van der Waals surface area contributed by atoms with E-state index >= 15 is 0 Å². The largest absolute Gasteiger partial charge is 0.478 e. The van der Waals surface area contributed by atoms with Crippen LogP contribution < -0.4 is 0 Å². The van der Waals surface area contributed by atoms with Crippen LogP contribution in [0.1, 0.15) is 47.8 Å². The summed E-state index contributed by atoms with van der Waals surface area (Å²) in [5.41, 5.74) is 0.870. The van der Waals surface area contributed by atoms with Crippen LogP contribution >= 0.6 is 0 Å². The fraction of sp³-hybridized carbons (Fsp3) is 0.417. The Labute approximate surface area is 98.1 Å². The summed E-state index contributed by atoms with van der Waals surface area (Å²) < 4.78 is 1.65. The molecule has 0 unspecified atom stereocenters. The number of rotatable bonds is 2. The first-order valence-electron chi connectivity index (χ1n) is 5.83. The molecule has 88 valence electrons. The molecule has 3 rings (SSSR count). The Morgan fingerprint density at radius 3 is 2.88 bits per heavy atom. The lowest BCUT2D eigenvalue weighted by Crippen LogP contribution is -1.98. The second-order valence-electron chi connectivity index (χ2n) is 4.47. The van der Waals surface area contributed by atoms with Crippen LogP contribution in [0.3, 0.4) is 0 Å². The van der Waals surface area contributed by atoms with Crippen LogP contribution in [0.2, 0.25) is 0 Å². The first-order valence-corrected chi connectivity index (χ1v) is 5.83. The van der Waals surface area contributed by atoms with Crippen LogP contribution in [-0.2, 0) is 0 Å². The van der Waals surface area contributed by atoms with Gasteiger partial charge in [-0.2, -0.15) is 5.10 Å². The van der Waals surface area contributed by atoms with Crippen molar-refractivity contribution in [2.24, 2.45) is 0 Å². The van der Waals surface area contributed by atoms with E-state index in [0.29, 0.717) is 11.6 Å². The Morgan fingerprint density at radius 2 is 2.18 bits per heavy atom. The topological polar surface area (TPSA) is 67.5 Å². The zero-order valence-corrected chi connectivity index (χ0v) is 9.33. The molecule has 0 aromatic carbocycles. The molecule has 2 aromatic heterocycles. The minimum absolute atomic E-state index is 0.253. The predicted molar refractivity (Wildman–Crippen MR) is 61.2 cm³/mol. The average molecular weight is 231 g/mol. The minimum atomic E-state index is -0.932. The van der Waals surface area contributed by atoms with Gasteiger partial charge in [0.05, 0.1) is 5.56 Å². The highest BCUT2D eigenvalue weighted by Gasteiger charge is 2.21. The molecular formula is C12H13N3O2. The lowest BCUT2D eigenvalue weighted by molar-refractivity contribution is 0.0697. The zero-order valence-electron chi connectivity index (χ0n) is 9.33. The fourth-order valence-corrected chi connectivity index (χ4v) is 2.39. The monoisotopic (exact) mass is 231 g/mol. The quantitative estimate of drug-likeness (QED) is 0.859. The van der Waals surface area contributed by atoms with Crippen LogP contribution in [0.4, 0.5) is 0 Å². The number of aromatic carboxylic acids is 1. The molecule has 1 N–H and O–H groups in total. The maximum absolute atomic E-state index is 10.9. The number of fused-ring (bicyclic) bond motifs is 1. The Balaban J connectivity index is 2.03. The highest BCUT2D eigenvalue weighted by Crippen LogP contribution is 2.32. The summed E-state index contributed by atoms with van der Waals surface area (Å²) in [6, 6.07) is 3.11. The van der Waals surface area contributed by atoms with Gasteiger partial charge in [0.2, 0.25) is 0 Å². The number of nitrogens with zero attached hydrogens (tertiary/aromatic N) is 3. The second-order valence-corrected chi connectivity index (χ2v) is 4.47. The van der Waals surface area contributed by atoms with E-state index < -0.39 is 5.97 Å². The van der Waals surface area contributed by atoms with Crippen molar-refractivity contribution >= 4 is 11.6 Å². The van der Waals surface area contributed by atoms with Gasteiger partial charge in [-0.1, -0.05) is 12.8 Å². The van der Waals surface area contributed by atoms with Crippen LogP contribution in [0.15, 0.2) is 18.3 Å². The first kappa shape index (κ1) is 10.3. The molecule has 0 radical (unpaired) electrons. The van der Waals surface area contributed by atoms with Gasteiger partial charge in [0, 0.05) is 12.1 Å². The molecule has 5 nitrogen and oxygen atoms in total. The standard InChI is InChI=1S/C12H13N3O2/c16-12(17)9-5-6-15-10(7-9)13-11(14-15)8-3-1-2-4-8/h5-8H,1-4H2,(H,16,17). The highest BCUT2D eigenvalue weighted by molar-refractivity contribution is 5.88. The average Bonchev–Trinajstić information content (AvgIpc) is 2.96. The van der Waals surface area contributed by atoms with Crippen molar-refractivity contribution in [3.05, 3.63) is 29.7 Å². The van der Waals surface area contributed by atoms with Gasteiger partial charge in [-0.25, -0.2) is 14.3 Å². The molecule has 1 saturated carbocycles. The number of carbonyl (C=O) groups is 1. The van der Waals surface area contributed by atoms with E-state index in [0.717, 1.165) is 18.7 Å². The van der Waals surface area contributed by atoms with Crippen LogP contribution in [-0.4, -0.2) is 25.7 Å². The molecule has 0 spiro atoms. The summed E-state index contributed by atoms with van der Waals surface area (Å²) in [4.78, 5) is 15.3. The Morgan fingerprint density at radius 1 is 1.41 bits per heavy atom. The molecule has 0 saturated heterocycles. The molecule has 0 aliphatic heterocycles. The first-order chi connectivity index (χ1) is 8.24. The summed E-state index contributed by atoms with van der Waals surface area (Å²) >= 11 is 0. The number of carboxylic acids is 1. The molecule has 1 aliphatic carbocycles. The molecule has 2 heterocycles. The van der Waals surface area contributed by atoms with E-state index in [2.05, 4.69) is 10.1 Å². The Hall–Kier alpha value is -1.91. The number of aromatic nitrogens is 3. The van der Waals surface area contributed by atoms with E-state index in [4.69, 9.17) is 5.11 Å². The van der Waals surface area contributed by atoms with Crippen molar-refractivity contribution in [1.82, 2.24) is 14.6 Å². The third-order valence-corrected chi connectivity index (χ3v) is 3.32. The lowest BCUT2D eigenvalue weighted by atomic mass is 10.1. The molecule has 0 bridgehead atoms. The fourth-order valence-electron chi connectivity index (χ4n) is 2.39. The van der Waals surface area contributed by atoms with Gasteiger partial charge >= 0.3 is 5.97 Å². The maximum atomic E-state index is 10.9. The van der Waals surface area contributed by atoms with E-state index in [1.807, 2.05) is 0 Å². The molecule has 1 fully saturated rings. The van der Waals surface area contributed by atoms with E-state index in [-0.39, 0.29) is 5.56 Å². The second kappa shape index (κ2) is 3.84. The van der Waals surface area contributed by atoms with Crippen molar-refractivity contribution in [2.75, 3.05) is 0 Å². The van der Waals surface area contributed by atoms with Crippen molar-refractivity contribution < 1.29 is 9.90 Å². The molecule has 1 aliphatic rings. The zero-order chi connectivity index (χ0) is 11.8. The summed E-state index contributed by atoms with van der Waals surface area (Å²) in [5.74, 6) is 0.367. The molecule has 5 heteroatoms. The third-order valence-electron chi connectivity index (χ3n) is 3.32. The molecule has 2 aromatic rings. The Kier molecular flexibility index (Phi) is 2.31. The van der Waals surface area contributed by atoms with Crippen LogP contribution in [0.25, 0.3) is 5.65 Å². The van der Waals surface area contributed by atoms with E-state index in [9.17, 15) is 4.79 Å². The number of hydrogen-bond acceptors (Lipinski definition) is 3. The number of pyridine rings is 1. The maximum Gasteiger partial charge on any atom is 0.335 e. The van der Waals surface area contributed by atoms with Crippen LogP contribution in [0, 0.1) is 0 Å².